The van der Waals surface area contributed by atoms with Gasteiger partial charge in [0.25, 0.3) is 5.91 Å². The fourth-order valence-electron chi connectivity index (χ4n) is 2.69. The average Bonchev–Trinajstić information content (AvgIpc) is 2.92. The molecule has 0 unspecified atom stereocenters. The number of aliphatic carboxylic acids is 1. The van der Waals surface area contributed by atoms with Crippen molar-refractivity contribution in [3.63, 3.8) is 0 Å². The number of ether oxygens (including phenoxy) is 2. The van der Waals surface area contributed by atoms with Gasteiger partial charge in [-0.1, -0.05) is 0 Å². The van der Waals surface area contributed by atoms with Crippen LogP contribution in [0.4, 0.5) is 4.39 Å². The number of halogens is 1. The maximum absolute atomic E-state index is 13.4. The summed E-state index contributed by atoms with van der Waals surface area (Å²) in [6, 6.07) is 3.67. The summed E-state index contributed by atoms with van der Waals surface area (Å²) in [5.74, 6) is -1.75. The van der Waals surface area contributed by atoms with Gasteiger partial charge in [-0.3, -0.25) is 9.59 Å². The van der Waals surface area contributed by atoms with E-state index in [2.05, 4.69) is 0 Å². The molecule has 1 atom stereocenters. The normalized spacial score (nSPS) is 21.0. The number of benzene rings is 1. The van der Waals surface area contributed by atoms with Gasteiger partial charge in [-0.25, -0.2) is 4.39 Å². The van der Waals surface area contributed by atoms with E-state index >= 15 is 0 Å². The Hall–Kier alpha value is -2.15. The Bertz CT molecular complexity index is 591. The van der Waals surface area contributed by atoms with Crippen molar-refractivity contribution in [2.75, 3.05) is 33.9 Å². The first kappa shape index (κ1) is 16.2. The molecule has 0 radical (unpaired) electrons. The van der Waals surface area contributed by atoms with E-state index < -0.39 is 23.1 Å². The molecular formula is C15H18FNO5. The van der Waals surface area contributed by atoms with Crippen molar-refractivity contribution in [1.29, 1.82) is 0 Å². The van der Waals surface area contributed by atoms with E-state index in [-0.39, 0.29) is 31.0 Å². The molecule has 6 nitrogen and oxygen atoms in total. The van der Waals surface area contributed by atoms with E-state index in [1.54, 1.807) is 0 Å². The lowest BCUT2D eigenvalue weighted by Crippen LogP contribution is -2.40. The fraction of sp³-hybridized carbons (Fsp3) is 0.467. The summed E-state index contributed by atoms with van der Waals surface area (Å²) in [4.78, 5) is 25.4. The molecule has 1 aromatic rings. The molecule has 1 aliphatic rings. The molecule has 1 amide bonds. The molecule has 1 aliphatic heterocycles. The largest absolute Gasteiger partial charge is 0.496 e. The number of likely N-dealkylation sites (tertiary alicyclic amines) is 1. The van der Waals surface area contributed by atoms with Crippen LogP contribution in [0, 0.1) is 11.2 Å². The lowest BCUT2D eigenvalue weighted by atomic mass is 9.88. The Kier molecular flexibility index (Phi) is 4.65. The lowest BCUT2D eigenvalue weighted by molar-refractivity contribution is -0.151. The number of rotatable bonds is 5. The summed E-state index contributed by atoms with van der Waals surface area (Å²) < 4.78 is 23.4. The van der Waals surface area contributed by atoms with E-state index in [1.165, 1.54) is 31.3 Å². The quantitative estimate of drug-likeness (QED) is 0.889. The molecule has 0 spiro atoms. The van der Waals surface area contributed by atoms with Gasteiger partial charge in [0.1, 0.15) is 17.0 Å². The molecular weight excluding hydrogens is 293 g/mol. The molecule has 1 N–H and O–H groups in total. The predicted octanol–water partition coefficient (Wildman–Crippen LogP) is 1.40. The Morgan fingerprint density at radius 1 is 1.41 bits per heavy atom. The number of carbonyl (C=O) groups is 2. The van der Waals surface area contributed by atoms with Gasteiger partial charge in [0.15, 0.2) is 0 Å². The van der Waals surface area contributed by atoms with Crippen LogP contribution in [0.25, 0.3) is 0 Å². The standard InChI is InChI=1S/C15H18FNO5/c1-21-9-15(14(19)20)5-6-17(8-15)13(18)11-7-10(16)3-4-12(11)22-2/h3-4,7H,5-6,8-9H2,1-2H3,(H,19,20)/t15-/m0/s1. The van der Waals surface area contributed by atoms with Gasteiger partial charge >= 0.3 is 5.97 Å². The number of hydrogen-bond donors (Lipinski definition) is 1. The van der Waals surface area contributed by atoms with Crippen LogP contribution in [0.2, 0.25) is 0 Å². The van der Waals surface area contributed by atoms with Crippen LogP contribution in [0.5, 0.6) is 5.75 Å². The molecule has 2 rings (SSSR count). The first-order chi connectivity index (χ1) is 10.4. The zero-order chi connectivity index (χ0) is 16.3. The predicted molar refractivity (Wildman–Crippen MR) is 75.4 cm³/mol. The second-order valence-corrected chi connectivity index (χ2v) is 5.34. The minimum atomic E-state index is -1.12. The molecule has 1 fully saturated rings. The second kappa shape index (κ2) is 6.31. The average molecular weight is 311 g/mol. The highest BCUT2D eigenvalue weighted by Gasteiger charge is 2.46. The Labute approximate surface area is 127 Å². The van der Waals surface area contributed by atoms with Crippen molar-refractivity contribution in [1.82, 2.24) is 4.90 Å². The molecule has 7 heteroatoms. The first-order valence-electron chi connectivity index (χ1n) is 6.78. The number of methoxy groups -OCH3 is 2. The molecule has 1 heterocycles. The smallest absolute Gasteiger partial charge is 0.313 e. The highest BCUT2D eigenvalue weighted by molar-refractivity contribution is 5.97. The Morgan fingerprint density at radius 2 is 2.14 bits per heavy atom. The summed E-state index contributed by atoms with van der Waals surface area (Å²) in [7, 11) is 2.81. The van der Waals surface area contributed by atoms with Crippen LogP contribution in [0.15, 0.2) is 18.2 Å². The van der Waals surface area contributed by atoms with Crippen molar-refractivity contribution >= 4 is 11.9 Å². The van der Waals surface area contributed by atoms with Gasteiger partial charge in [-0.05, 0) is 24.6 Å². The fourth-order valence-corrected chi connectivity index (χ4v) is 2.69. The Morgan fingerprint density at radius 3 is 2.73 bits per heavy atom. The van der Waals surface area contributed by atoms with Crippen molar-refractivity contribution in [3.05, 3.63) is 29.6 Å². The van der Waals surface area contributed by atoms with E-state index in [1.807, 2.05) is 0 Å². The molecule has 1 aromatic carbocycles. The van der Waals surface area contributed by atoms with E-state index in [4.69, 9.17) is 9.47 Å². The maximum atomic E-state index is 13.4. The topological polar surface area (TPSA) is 76.1 Å². The van der Waals surface area contributed by atoms with Crippen LogP contribution in [0.1, 0.15) is 16.8 Å². The zero-order valence-corrected chi connectivity index (χ0v) is 12.5. The number of carbonyl (C=O) groups excluding carboxylic acids is 1. The Balaban J connectivity index is 2.25. The maximum Gasteiger partial charge on any atom is 0.313 e. The summed E-state index contributed by atoms with van der Waals surface area (Å²) in [5.41, 5.74) is -1.04. The van der Waals surface area contributed by atoms with Crippen LogP contribution >= 0.6 is 0 Å². The first-order valence-corrected chi connectivity index (χ1v) is 6.78. The highest BCUT2D eigenvalue weighted by Crippen LogP contribution is 2.33. The third kappa shape index (κ3) is 2.89. The summed E-state index contributed by atoms with van der Waals surface area (Å²) in [6.45, 7) is 0.315. The van der Waals surface area contributed by atoms with Crippen LogP contribution in [0.3, 0.4) is 0 Å². The third-order valence-corrected chi connectivity index (χ3v) is 3.91. The van der Waals surface area contributed by atoms with E-state index in [0.29, 0.717) is 6.42 Å². The van der Waals surface area contributed by atoms with Gasteiger partial charge in [-0.15, -0.1) is 0 Å². The number of hydrogen-bond acceptors (Lipinski definition) is 4. The summed E-state index contributed by atoms with van der Waals surface area (Å²) in [6.07, 6.45) is 0.291. The van der Waals surface area contributed by atoms with Crippen molar-refractivity contribution in [2.24, 2.45) is 5.41 Å². The van der Waals surface area contributed by atoms with Gasteiger partial charge in [-0.2, -0.15) is 0 Å². The van der Waals surface area contributed by atoms with E-state index in [9.17, 15) is 19.1 Å². The molecule has 0 saturated carbocycles. The van der Waals surface area contributed by atoms with Gasteiger partial charge in [0, 0.05) is 20.2 Å². The van der Waals surface area contributed by atoms with Crippen LogP contribution in [-0.4, -0.2) is 55.8 Å². The number of carboxylic acids is 1. The molecule has 0 aliphatic carbocycles. The number of carboxylic acid groups (broad SMARTS) is 1. The molecule has 22 heavy (non-hydrogen) atoms. The molecule has 0 bridgehead atoms. The van der Waals surface area contributed by atoms with Crippen molar-refractivity contribution in [2.45, 2.75) is 6.42 Å². The van der Waals surface area contributed by atoms with Gasteiger partial charge < -0.3 is 19.5 Å². The van der Waals surface area contributed by atoms with E-state index in [0.717, 1.165) is 6.07 Å². The van der Waals surface area contributed by atoms with Crippen LogP contribution in [-0.2, 0) is 9.53 Å². The zero-order valence-electron chi connectivity index (χ0n) is 12.5. The monoisotopic (exact) mass is 311 g/mol. The summed E-state index contributed by atoms with van der Waals surface area (Å²) >= 11 is 0. The SMILES string of the molecule is COC[C@]1(C(=O)O)CCN(C(=O)c2cc(F)ccc2OC)C1. The van der Waals surface area contributed by atoms with Crippen LogP contribution < -0.4 is 4.74 Å². The van der Waals surface area contributed by atoms with Crippen molar-refractivity contribution in [3.8, 4) is 5.75 Å². The molecule has 0 aromatic heterocycles. The van der Waals surface area contributed by atoms with Gasteiger partial charge in [0.05, 0.1) is 19.3 Å². The van der Waals surface area contributed by atoms with Gasteiger partial charge in [0.2, 0.25) is 0 Å². The minimum absolute atomic E-state index is 0.0202. The minimum Gasteiger partial charge on any atom is -0.496 e. The number of amides is 1. The summed E-state index contributed by atoms with van der Waals surface area (Å²) in [5, 5.41) is 9.41. The third-order valence-electron chi connectivity index (χ3n) is 3.91. The van der Waals surface area contributed by atoms with Crippen molar-refractivity contribution < 1.29 is 28.6 Å². The molecule has 1 saturated heterocycles. The highest BCUT2D eigenvalue weighted by atomic mass is 19.1. The lowest BCUT2D eigenvalue weighted by Gasteiger charge is -2.24. The second-order valence-electron chi connectivity index (χ2n) is 5.34. The number of nitrogens with zero attached hydrogens (tertiary/aromatic N) is 1. The molecule has 120 valence electrons.